The monoisotopic (exact) mass is 171 g/mol. The van der Waals surface area contributed by atoms with Gasteiger partial charge in [0.1, 0.15) is 0 Å². The molecule has 1 unspecified atom stereocenters. The van der Waals surface area contributed by atoms with Crippen LogP contribution in [0.15, 0.2) is 0 Å². The predicted molar refractivity (Wildman–Crippen MR) is 51.3 cm³/mol. The van der Waals surface area contributed by atoms with E-state index >= 15 is 0 Å². The molecule has 72 valence electrons. The second-order valence-corrected chi connectivity index (χ2v) is 3.89. The van der Waals surface area contributed by atoms with Gasteiger partial charge in [0, 0.05) is 26.8 Å². The number of methoxy groups -OCH3 is 1. The van der Waals surface area contributed by atoms with E-state index in [2.05, 4.69) is 11.8 Å². The summed E-state index contributed by atoms with van der Waals surface area (Å²) in [7, 11) is 1.78. The molecular weight excluding hydrogens is 150 g/mol. The molecule has 0 amide bonds. The lowest BCUT2D eigenvalue weighted by molar-refractivity contribution is 0.145. The minimum atomic E-state index is 0.904. The van der Waals surface area contributed by atoms with Gasteiger partial charge in [0.15, 0.2) is 0 Å². The summed E-state index contributed by atoms with van der Waals surface area (Å²) in [5.41, 5.74) is 0. The Balaban J connectivity index is 2.06. The van der Waals surface area contributed by atoms with Crippen molar-refractivity contribution in [3.63, 3.8) is 0 Å². The van der Waals surface area contributed by atoms with Gasteiger partial charge in [-0.25, -0.2) is 0 Å². The van der Waals surface area contributed by atoms with Crippen LogP contribution in [0.25, 0.3) is 0 Å². The smallest absolute Gasteiger partial charge is 0.0474 e. The molecule has 1 fully saturated rings. The number of rotatable bonds is 4. The lowest BCUT2D eigenvalue weighted by atomic mass is 10.0. The first-order chi connectivity index (χ1) is 5.83. The van der Waals surface area contributed by atoms with Crippen molar-refractivity contribution in [3.8, 4) is 0 Å². The first-order valence-electron chi connectivity index (χ1n) is 5.04. The molecular formula is C10H21NO. The molecule has 1 aliphatic rings. The molecule has 0 bridgehead atoms. The molecule has 1 saturated heterocycles. The SMILES string of the molecule is COCCCN1CCCC(C)C1. The minimum absolute atomic E-state index is 0.904. The number of nitrogens with zero attached hydrogens (tertiary/aromatic N) is 1. The Morgan fingerprint density at radius 1 is 1.50 bits per heavy atom. The van der Waals surface area contributed by atoms with E-state index in [0.29, 0.717) is 0 Å². The number of hydrogen-bond donors (Lipinski definition) is 0. The van der Waals surface area contributed by atoms with Gasteiger partial charge in [-0.2, -0.15) is 0 Å². The molecule has 0 N–H and O–H groups in total. The Bertz CT molecular complexity index is 116. The topological polar surface area (TPSA) is 12.5 Å². The predicted octanol–water partition coefficient (Wildman–Crippen LogP) is 1.75. The van der Waals surface area contributed by atoms with Crippen LogP contribution in [0.2, 0.25) is 0 Å². The quantitative estimate of drug-likeness (QED) is 0.598. The van der Waals surface area contributed by atoms with Crippen molar-refractivity contribution in [1.29, 1.82) is 0 Å². The molecule has 2 nitrogen and oxygen atoms in total. The van der Waals surface area contributed by atoms with Gasteiger partial charge in [-0.15, -0.1) is 0 Å². The van der Waals surface area contributed by atoms with Gasteiger partial charge in [0.05, 0.1) is 0 Å². The van der Waals surface area contributed by atoms with Crippen LogP contribution in [0.3, 0.4) is 0 Å². The Morgan fingerprint density at radius 3 is 3.00 bits per heavy atom. The van der Waals surface area contributed by atoms with Crippen molar-refractivity contribution in [2.45, 2.75) is 26.2 Å². The molecule has 1 aliphatic heterocycles. The third kappa shape index (κ3) is 3.55. The second-order valence-electron chi connectivity index (χ2n) is 3.89. The summed E-state index contributed by atoms with van der Waals surface area (Å²) in [6.45, 7) is 7.07. The fourth-order valence-electron chi connectivity index (χ4n) is 1.92. The number of piperidine rings is 1. The standard InChI is InChI=1S/C10H21NO/c1-10-5-3-6-11(9-10)7-4-8-12-2/h10H,3-9H2,1-2H3. The molecule has 12 heavy (non-hydrogen) atoms. The third-order valence-electron chi connectivity index (χ3n) is 2.56. The summed E-state index contributed by atoms with van der Waals surface area (Å²) in [4.78, 5) is 2.56. The average Bonchev–Trinajstić information content (AvgIpc) is 2.05. The van der Waals surface area contributed by atoms with Crippen molar-refractivity contribution >= 4 is 0 Å². The summed E-state index contributed by atoms with van der Waals surface area (Å²) in [6.07, 6.45) is 3.98. The highest BCUT2D eigenvalue weighted by Gasteiger charge is 2.14. The van der Waals surface area contributed by atoms with Gasteiger partial charge in [-0.1, -0.05) is 6.92 Å². The Labute approximate surface area is 75.9 Å². The van der Waals surface area contributed by atoms with Crippen molar-refractivity contribution in [2.75, 3.05) is 33.4 Å². The van der Waals surface area contributed by atoms with E-state index in [0.717, 1.165) is 12.5 Å². The minimum Gasteiger partial charge on any atom is -0.385 e. The van der Waals surface area contributed by atoms with E-state index < -0.39 is 0 Å². The van der Waals surface area contributed by atoms with Crippen LogP contribution in [0.5, 0.6) is 0 Å². The maximum absolute atomic E-state index is 5.03. The third-order valence-corrected chi connectivity index (χ3v) is 2.56. The maximum atomic E-state index is 5.03. The van der Waals surface area contributed by atoms with Crippen LogP contribution in [-0.2, 0) is 4.74 Å². The van der Waals surface area contributed by atoms with Gasteiger partial charge < -0.3 is 9.64 Å². The normalized spacial score (nSPS) is 26.0. The highest BCUT2D eigenvalue weighted by atomic mass is 16.5. The lowest BCUT2D eigenvalue weighted by Crippen LogP contribution is -2.35. The van der Waals surface area contributed by atoms with Crippen molar-refractivity contribution < 1.29 is 4.74 Å². The zero-order valence-electron chi connectivity index (χ0n) is 8.38. The van der Waals surface area contributed by atoms with E-state index in [4.69, 9.17) is 4.74 Å². The zero-order chi connectivity index (χ0) is 8.81. The van der Waals surface area contributed by atoms with Gasteiger partial charge in [-0.3, -0.25) is 0 Å². The first-order valence-corrected chi connectivity index (χ1v) is 5.04. The summed E-state index contributed by atoms with van der Waals surface area (Å²) < 4.78 is 5.03. The highest BCUT2D eigenvalue weighted by Crippen LogP contribution is 2.15. The molecule has 0 radical (unpaired) electrons. The molecule has 1 heterocycles. The Morgan fingerprint density at radius 2 is 2.33 bits per heavy atom. The zero-order valence-corrected chi connectivity index (χ0v) is 8.38. The summed E-state index contributed by atoms with van der Waals surface area (Å²) >= 11 is 0. The summed E-state index contributed by atoms with van der Waals surface area (Å²) in [6, 6.07) is 0. The second kappa shape index (κ2) is 5.55. The van der Waals surface area contributed by atoms with Crippen molar-refractivity contribution in [1.82, 2.24) is 4.90 Å². The van der Waals surface area contributed by atoms with Gasteiger partial charge in [0.25, 0.3) is 0 Å². The number of ether oxygens (including phenoxy) is 1. The number of hydrogen-bond acceptors (Lipinski definition) is 2. The van der Waals surface area contributed by atoms with Gasteiger partial charge in [-0.05, 0) is 31.7 Å². The Kier molecular flexibility index (Phi) is 4.62. The fraction of sp³-hybridized carbons (Fsp3) is 1.00. The van der Waals surface area contributed by atoms with Crippen molar-refractivity contribution in [2.24, 2.45) is 5.92 Å². The van der Waals surface area contributed by atoms with E-state index in [1.807, 2.05) is 0 Å². The van der Waals surface area contributed by atoms with Gasteiger partial charge >= 0.3 is 0 Å². The molecule has 2 heteroatoms. The lowest BCUT2D eigenvalue weighted by Gasteiger charge is -2.30. The van der Waals surface area contributed by atoms with E-state index in [1.54, 1.807) is 7.11 Å². The molecule has 0 aromatic carbocycles. The van der Waals surface area contributed by atoms with Crippen LogP contribution in [0, 0.1) is 5.92 Å². The molecule has 0 aliphatic carbocycles. The maximum Gasteiger partial charge on any atom is 0.0474 e. The van der Waals surface area contributed by atoms with Gasteiger partial charge in [0.2, 0.25) is 0 Å². The van der Waals surface area contributed by atoms with Crippen LogP contribution < -0.4 is 0 Å². The molecule has 1 atom stereocenters. The van der Waals surface area contributed by atoms with Crippen LogP contribution in [-0.4, -0.2) is 38.3 Å². The highest BCUT2D eigenvalue weighted by molar-refractivity contribution is 4.69. The summed E-state index contributed by atoms with van der Waals surface area (Å²) in [5, 5.41) is 0. The van der Waals surface area contributed by atoms with Crippen LogP contribution in [0.1, 0.15) is 26.2 Å². The summed E-state index contributed by atoms with van der Waals surface area (Å²) in [5.74, 6) is 0.904. The first kappa shape index (κ1) is 10.0. The average molecular weight is 171 g/mol. The molecule has 0 spiro atoms. The molecule has 0 aromatic rings. The molecule has 0 saturated carbocycles. The van der Waals surface area contributed by atoms with Crippen LogP contribution >= 0.6 is 0 Å². The van der Waals surface area contributed by atoms with E-state index in [9.17, 15) is 0 Å². The largest absolute Gasteiger partial charge is 0.385 e. The van der Waals surface area contributed by atoms with Crippen LogP contribution in [0.4, 0.5) is 0 Å². The molecule has 1 rings (SSSR count). The number of likely N-dealkylation sites (tertiary alicyclic amines) is 1. The van der Waals surface area contributed by atoms with E-state index in [1.165, 1.54) is 38.9 Å². The molecule has 0 aromatic heterocycles. The Hall–Kier alpha value is -0.0800. The van der Waals surface area contributed by atoms with Crippen molar-refractivity contribution in [3.05, 3.63) is 0 Å². The van der Waals surface area contributed by atoms with E-state index in [-0.39, 0.29) is 0 Å². The fourth-order valence-corrected chi connectivity index (χ4v) is 1.92.